The van der Waals surface area contributed by atoms with Gasteiger partial charge in [0, 0.05) is 13.1 Å². The number of hydrogen-bond donors (Lipinski definition) is 3. The maximum Gasteiger partial charge on any atom is 0.313 e. The van der Waals surface area contributed by atoms with E-state index in [4.69, 9.17) is 5.11 Å². The van der Waals surface area contributed by atoms with Crippen molar-refractivity contribution in [3.8, 4) is 0 Å². The van der Waals surface area contributed by atoms with Crippen molar-refractivity contribution in [3.05, 3.63) is 22.4 Å². The van der Waals surface area contributed by atoms with Gasteiger partial charge in [0.05, 0.1) is 16.4 Å². The highest BCUT2D eigenvalue weighted by Crippen LogP contribution is 2.07. The van der Waals surface area contributed by atoms with Crippen LogP contribution in [0.2, 0.25) is 0 Å². The molecule has 19 heavy (non-hydrogen) atoms. The molecule has 0 aliphatic heterocycles. The molecule has 0 fully saturated rings. The van der Waals surface area contributed by atoms with Crippen LogP contribution in [0.15, 0.2) is 17.5 Å². The molecule has 0 saturated heterocycles. The fourth-order valence-corrected chi connectivity index (χ4v) is 2.36. The van der Waals surface area contributed by atoms with Crippen molar-refractivity contribution in [1.82, 2.24) is 10.6 Å². The Hall–Kier alpha value is -1.54. The molecule has 0 atom stereocenters. The SMILES string of the molecule is O=C(O)CSCC(=O)NCCNC(=O)c1cccs1. The van der Waals surface area contributed by atoms with Gasteiger partial charge in [-0.3, -0.25) is 14.4 Å². The van der Waals surface area contributed by atoms with E-state index in [0.29, 0.717) is 18.0 Å². The number of carboxylic acids is 1. The number of thioether (sulfide) groups is 1. The summed E-state index contributed by atoms with van der Waals surface area (Å²) in [6.45, 7) is 0.662. The van der Waals surface area contributed by atoms with Crippen LogP contribution >= 0.6 is 23.1 Å². The van der Waals surface area contributed by atoms with Gasteiger partial charge in [0.2, 0.25) is 5.91 Å². The van der Waals surface area contributed by atoms with Gasteiger partial charge in [0.1, 0.15) is 0 Å². The van der Waals surface area contributed by atoms with Crippen molar-refractivity contribution < 1.29 is 19.5 Å². The molecule has 6 nitrogen and oxygen atoms in total. The Morgan fingerprint density at radius 1 is 1.21 bits per heavy atom. The molecule has 0 aromatic carbocycles. The van der Waals surface area contributed by atoms with Crippen LogP contribution in [-0.4, -0.2) is 47.5 Å². The highest BCUT2D eigenvalue weighted by atomic mass is 32.2. The number of rotatable bonds is 8. The van der Waals surface area contributed by atoms with Crippen LogP contribution in [-0.2, 0) is 9.59 Å². The predicted octanol–water partition coefficient (Wildman–Crippen LogP) is 0.412. The first-order valence-electron chi connectivity index (χ1n) is 5.47. The zero-order chi connectivity index (χ0) is 14.1. The number of amides is 2. The molecular weight excluding hydrogens is 288 g/mol. The Morgan fingerprint density at radius 2 is 1.95 bits per heavy atom. The summed E-state index contributed by atoms with van der Waals surface area (Å²) in [6, 6.07) is 3.52. The smallest absolute Gasteiger partial charge is 0.313 e. The number of carbonyl (C=O) groups is 3. The lowest BCUT2D eigenvalue weighted by Gasteiger charge is -2.05. The van der Waals surface area contributed by atoms with Crippen molar-refractivity contribution in [3.63, 3.8) is 0 Å². The highest BCUT2D eigenvalue weighted by molar-refractivity contribution is 8.00. The van der Waals surface area contributed by atoms with Crippen molar-refractivity contribution in [1.29, 1.82) is 0 Å². The average molecular weight is 302 g/mol. The minimum atomic E-state index is -0.944. The number of carboxylic acid groups (broad SMARTS) is 1. The van der Waals surface area contributed by atoms with Gasteiger partial charge in [-0.1, -0.05) is 6.07 Å². The number of carbonyl (C=O) groups excluding carboxylic acids is 2. The van der Waals surface area contributed by atoms with E-state index in [2.05, 4.69) is 10.6 Å². The summed E-state index contributed by atoms with van der Waals surface area (Å²) in [6.07, 6.45) is 0. The molecule has 1 heterocycles. The topological polar surface area (TPSA) is 95.5 Å². The fourth-order valence-electron chi connectivity index (χ4n) is 1.15. The molecule has 1 aromatic rings. The maximum atomic E-state index is 11.5. The van der Waals surface area contributed by atoms with Gasteiger partial charge in [-0.15, -0.1) is 23.1 Å². The lowest BCUT2D eigenvalue weighted by molar-refractivity contribution is -0.133. The first-order valence-corrected chi connectivity index (χ1v) is 7.51. The third-order valence-electron chi connectivity index (χ3n) is 1.94. The van der Waals surface area contributed by atoms with Crippen molar-refractivity contribution in [2.45, 2.75) is 0 Å². The summed E-state index contributed by atoms with van der Waals surface area (Å²) in [4.78, 5) is 33.6. The van der Waals surface area contributed by atoms with E-state index >= 15 is 0 Å². The Kier molecular flexibility index (Phi) is 6.98. The zero-order valence-electron chi connectivity index (χ0n) is 10.0. The molecule has 0 unspecified atom stereocenters. The van der Waals surface area contributed by atoms with Crippen LogP contribution in [0.25, 0.3) is 0 Å². The molecule has 104 valence electrons. The van der Waals surface area contributed by atoms with E-state index in [1.54, 1.807) is 12.1 Å². The number of hydrogen-bond acceptors (Lipinski definition) is 5. The van der Waals surface area contributed by atoms with Gasteiger partial charge in [0.15, 0.2) is 0 Å². The highest BCUT2D eigenvalue weighted by Gasteiger charge is 2.06. The van der Waals surface area contributed by atoms with E-state index in [9.17, 15) is 14.4 Å². The Balaban J connectivity index is 2.05. The van der Waals surface area contributed by atoms with E-state index in [-0.39, 0.29) is 23.3 Å². The van der Waals surface area contributed by atoms with Crippen LogP contribution in [0, 0.1) is 0 Å². The first-order chi connectivity index (χ1) is 9.09. The molecule has 1 rings (SSSR count). The summed E-state index contributed by atoms with van der Waals surface area (Å²) >= 11 is 2.39. The molecule has 0 saturated carbocycles. The van der Waals surface area contributed by atoms with Gasteiger partial charge in [-0.25, -0.2) is 0 Å². The minimum Gasteiger partial charge on any atom is -0.481 e. The van der Waals surface area contributed by atoms with E-state index in [1.165, 1.54) is 11.3 Å². The number of aliphatic carboxylic acids is 1. The monoisotopic (exact) mass is 302 g/mol. The quantitative estimate of drug-likeness (QED) is 0.605. The molecular formula is C11H14N2O4S2. The summed E-state index contributed by atoms with van der Waals surface area (Å²) in [5.41, 5.74) is 0. The Morgan fingerprint density at radius 3 is 2.58 bits per heavy atom. The second kappa shape index (κ2) is 8.54. The van der Waals surface area contributed by atoms with Crippen molar-refractivity contribution in [2.24, 2.45) is 0 Å². The fraction of sp³-hybridized carbons (Fsp3) is 0.364. The van der Waals surface area contributed by atoms with Gasteiger partial charge >= 0.3 is 5.97 Å². The number of nitrogens with one attached hydrogen (secondary N) is 2. The van der Waals surface area contributed by atoms with E-state index in [0.717, 1.165) is 11.8 Å². The lowest BCUT2D eigenvalue weighted by Crippen LogP contribution is -2.35. The van der Waals surface area contributed by atoms with Crippen LogP contribution in [0.3, 0.4) is 0 Å². The average Bonchev–Trinajstić information content (AvgIpc) is 2.87. The van der Waals surface area contributed by atoms with E-state index in [1.807, 2.05) is 5.38 Å². The minimum absolute atomic E-state index is 0.0947. The molecule has 8 heteroatoms. The molecule has 1 aromatic heterocycles. The third kappa shape index (κ3) is 6.82. The molecule has 0 aliphatic carbocycles. The second-order valence-electron chi connectivity index (χ2n) is 3.47. The second-order valence-corrected chi connectivity index (χ2v) is 5.40. The van der Waals surface area contributed by atoms with E-state index < -0.39 is 5.97 Å². The summed E-state index contributed by atoms with van der Waals surface area (Å²) in [7, 11) is 0. The van der Waals surface area contributed by atoms with Crippen LogP contribution < -0.4 is 10.6 Å². The standard InChI is InChI=1S/C11H14N2O4S2/c14-9(6-18-7-10(15)16)12-3-4-13-11(17)8-2-1-5-19-8/h1-2,5H,3-4,6-7H2,(H,12,14)(H,13,17)(H,15,16). The Labute approximate surface area is 118 Å². The van der Waals surface area contributed by atoms with Gasteiger partial charge < -0.3 is 15.7 Å². The molecule has 0 spiro atoms. The van der Waals surface area contributed by atoms with Crippen molar-refractivity contribution in [2.75, 3.05) is 24.6 Å². The maximum absolute atomic E-state index is 11.5. The molecule has 0 bridgehead atoms. The van der Waals surface area contributed by atoms with Crippen LogP contribution in [0.1, 0.15) is 9.67 Å². The Bertz CT molecular complexity index is 434. The number of thiophene rings is 1. The third-order valence-corrected chi connectivity index (χ3v) is 3.72. The van der Waals surface area contributed by atoms with Gasteiger partial charge in [-0.2, -0.15) is 0 Å². The summed E-state index contributed by atoms with van der Waals surface area (Å²) < 4.78 is 0. The van der Waals surface area contributed by atoms with Crippen molar-refractivity contribution >= 4 is 40.9 Å². The summed E-state index contributed by atoms with van der Waals surface area (Å²) in [5, 5.41) is 15.5. The largest absolute Gasteiger partial charge is 0.481 e. The lowest BCUT2D eigenvalue weighted by atomic mass is 10.4. The first kappa shape index (κ1) is 15.5. The molecule has 0 aliphatic rings. The summed E-state index contributed by atoms with van der Waals surface area (Å²) in [5.74, 6) is -1.34. The predicted molar refractivity (Wildman–Crippen MR) is 74.6 cm³/mol. The van der Waals surface area contributed by atoms with Crippen LogP contribution in [0.4, 0.5) is 0 Å². The van der Waals surface area contributed by atoms with Gasteiger partial charge in [-0.05, 0) is 11.4 Å². The molecule has 0 radical (unpaired) electrons. The molecule has 3 N–H and O–H groups in total. The zero-order valence-corrected chi connectivity index (χ0v) is 11.7. The van der Waals surface area contributed by atoms with Gasteiger partial charge in [0.25, 0.3) is 5.91 Å². The normalized spacial score (nSPS) is 9.89. The molecule has 2 amide bonds. The van der Waals surface area contributed by atoms with Crippen LogP contribution in [0.5, 0.6) is 0 Å².